The molecule has 4 nitrogen and oxygen atoms in total. The number of aromatic nitrogens is 1. The van der Waals surface area contributed by atoms with Gasteiger partial charge in [-0.3, -0.25) is 4.79 Å². The van der Waals surface area contributed by atoms with Crippen LogP contribution in [-0.2, 0) is 5.92 Å². The van der Waals surface area contributed by atoms with E-state index in [1.807, 2.05) is 0 Å². The van der Waals surface area contributed by atoms with Crippen molar-refractivity contribution >= 4 is 11.6 Å². The molecule has 138 valence electrons. The summed E-state index contributed by atoms with van der Waals surface area (Å²) in [6.45, 7) is 0.796. The number of pyridine rings is 1. The van der Waals surface area contributed by atoms with E-state index < -0.39 is 17.6 Å². The van der Waals surface area contributed by atoms with Gasteiger partial charge in [-0.05, 0) is 42.5 Å². The van der Waals surface area contributed by atoms with E-state index in [1.165, 1.54) is 60.7 Å². The summed E-state index contributed by atoms with van der Waals surface area (Å²) in [6.07, 6.45) is 0. The molecule has 3 aromatic rings. The molecule has 0 unspecified atom stereocenters. The van der Waals surface area contributed by atoms with Gasteiger partial charge in [0.15, 0.2) is 0 Å². The molecule has 2 aromatic carbocycles. The van der Waals surface area contributed by atoms with Crippen LogP contribution < -0.4 is 10.1 Å². The van der Waals surface area contributed by atoms with Gasteiger partial charge in [-0.15, -0.1) is 0 Å². The zero-order valence-corrected chi connectivity index (χ0v) is 14.2. The van der Waals surface area contributed by atoms with Crippen LogP contribution in [0.1, 0.15) is 23.0 Å². The lowest BCUT2D eigenvalue weighted by Gasteiger charge is -2.12. The first-order valence-corrected chi connectivity index (χ1v) is 8.01. The Balaban J connectivity index is 1.75. The number of alkyl halides is 2. The second kappa shape index (κ2) is 7.49. The molecule has 0 saturated heterocycles. The van der Waals surface area contributed by atoms with Crippen LogP contribution in [0.2, 0.25) is 0 Å². The molecule has 0 aliphatic heterocycles. The van der Waals surface area contributed by atoms with Crippen LogP contribution >= 0.6 is 0 Å². The predicted octanol–water partition coefficient (Wildman–Crippen LogP) is 5.38. The van der Waals surface area contributed by atoms with Crippen LogP contribution in [-0.4, -0.2) is 10.9 Å². The molecule has 0 bridgehead atoms. The highest BCUT2D eigenvalue weighted by Gasteiger charge is 2.24. The minimum Gasteiger partial charge on any atom is -0.439 e. The smallest absolute Gasteiger partial charge is 0.274 e. The third-order valence-electron chi connectivity index (χ3n) is 3.62. The zero-order chi connectivity index (χ0) is 19.4. The Kier molecular flexibility index (Phi) is 5.12. The number of amides is 1. The molecule has 0 atom stereocenters. The maximum Gasteiger partial charge on any atom is 0.274 e. The summed E-state index contributed by atoms with van der Waals surface area (Å²) in [5, 5.41) is 2.58. The van der Waals surface area contributed by atoms with Gasteiger partial charge in [-0.2, -0.15) is 0 Å². The Morgan fingerprint density at radius 1 is 1.04 bits per heavy atom. The van der Waals surface area contributed by atoms with E-state index in [0.29, 0.717) is 5.69 Å². The van der Waals surface area contributed by atoms with Crippen LogP contribution in [0.5, 0.6) is 11.6 Å². The molecule has 1 amide bonds. The minimum atomic E-state index is -3.00. The summed E-state index contributed by atoms with van der Waals surface area (Å²) in [7, 11) is 0. The highest BCUT2D eigenvalue weighted by atomic mass is 19.3. The van der Waals surface area contributed by atoms with Gasteiger partial charge in [0.2, 0.25) is 5.88 Å². The van der Waals surface area contributed by atoms with Gasteiger partial charge in [0.1, 0.15) is 17.3 Å². The van der Waals surface area contributed by atoms with E-state index in [9.17, 15) is 18.0 Å². The Morgan fingerprint density at radius 2 is 1.74 bits per heavy atom. The number of hydrogen-bond acceptors (Lipinski definition) is 3. The quantitative estimate of drug-likeness (QED) is 0.654. The summed E-state index contributed by atoms with van der Waals surface area (Å²) in [5.41, 5.74) is 0.284. The topological polar surface area (TPSA) is 51.2 Å². The largest absolute Gasteiger partial charge is 0.439 e. The third kappa shape index (κ3) is 4.84. The highest BCUT2D eigenvalue weighted by Crippen LogP contribution is 2.30. The average molecular weight is 372 g/mol. The maximum atomic E-state index is 13.4. The van der Waals surface area contributed by atoms with Gasteiger partial charge in [0.25, 0.3) is 11.8 Å². The van der Waals surface area contributed by atoms with Crippen molar-refractivity contribution in [1.82, 2.24) is 4.98 Å². The zero-order valence-electron chi connectivity index (χ0n) is 14.2. The van der Waals surface area contributed by atoms with Crippen LogP contribution in [0.3, 0.4) is 0 Å². The molecule has 0 radical (unpaired) electrons. The van der Waals surface area contributed by atoms with Gasteiger partial charge < -0.3 is 10.1 Å². The van der Waals surface area contributed by atoms with E-state index >= 15 is 0 Å². The van der Waals surface area contributed by atoms with Crippen molar-refractivity contribution in [1.29, 1.82) is 0 Å². The van der Waals surface area contributed by atoms with E-state index in [0.717, 1.165) is 6.92 Å². The molecule has 0 aliphatic rings. The molecule has 1 heterocycles. The van der Waals surface area contributed by atoms with Crippen molar-refractivity contribution in [2.45, 2.75) is 12.8 Å². The molecule has 3 rings (SSSR count). The van der Waals surface area contributed by atoms with Crippen LogP contribution in [0.4, 0.5) is 18.9 Å². The number of ether oxygens (including phenoxy) is 1. The number of nitrogens with one attached hydrogen (secondary N) is 1. The van der Waals surface area contributed by atoms with Crippen molar-refractivity contribution in [3.05, 3.63) is 83.8 Å². The van der Waals surface area contributed by atoms with Crippen molar-refractivity contribution in [2.24, 2.45) is 0 Å². The lowest BCUT2D eigenvalue weighted by Crippen LogP contribution is -2.13. The van der Waals surface area contributed by atoms with Gasteiger partial charge in [0.05, 0.1) is 0 Å². The van der Waals surface area contributed by atoms with Crippen molar-refractivity contribution in [3.63, 3.8) is 0 Å². The van der Waals surface area contributed by atoms with Crippen LogP contribution in [0.15, 0.2) is 66.7 Å². The second-order valence-electron chi connectivity index (χ2n) is 5.84. The van der Waals surface area contributed by atoms with E-state index in [1.54, 1.807) is 6.07 Å². The lowest BCUT2D eigenvalue weighted by molar-refractivity contribution is 0.0173. The molecule has 1 aromatic heterocycles. The first-order valence-electron chi connectivity index (χ1n) is 8.01. The van der Waals surface area contributed by atoms with Crippen LogP contribution in [0.25, 0.3) is 0 Å². The summed E-state index contributed by atoms with van der Waals surface area (Å²) in [6, 6.07) is 15.3. The highest BCUT2D eigenvalue weighted by molar-refractivity contribution is 6.02. The number of nitrogens with zero attached hydrogens (tertiary/aromatic N) is 1. The number of hydrogen-bond donors (Lipinski definition) is 1. The number of carbonyl (C=O) groups is 1. The number of carbonyl (C=O) groups excluding carboxylic acids is 1. The van der Waals surface area contributed by atoms with Crippen molar-refractivity contribution in [3.8, 4) is 11.6 Å². The Labute approximate surface area is 153 Å². The monoisotopic (exact) mass is 372 g/mol. The molecular formula is C20H15F3N2O2. The summed E-state index contributed by atoms with van der Waals surface area (Å²) in [5.74, 6) is -3.66. The van der Waals surface area contributed by atoms with Crippen molar-refractivity contribution in [2.75, 3.05) is 5.32 Å². The van der Waals surface area contributed by atoms with Gasteiger partial charge >= 0.3 is 0 Å². The van der Waals surface area contributed by atoms with Gasteiger partial charge in [-0.25, -0.2) is 18.2 Å². The molecule has 0 aliphatic carbocycles. The normalized spacial score (nSPS) is 11.1. The Bertz CT molecular complexity index is 954. The SMILES string of the molecule is CC(F)(F)c1cccc(Oc2cccc(C(=O)Nc3ccc(F)cc3)n2)c1. The minimum absolute atomic E-state index is 0.0637. The molecule has 0 spiro atoms. The molecule has 0 fully saturated rings. The Hall–Kier alpha value is -3.35. The Morgan fingerprint density at radius 3 is 2.44 bits per heavy atom. The predicted molar refractivity (Wildman–Crippen MR) is 94.7 cm³/mol. The van der Waals surface area contributed by atoms with Gasteiger partial charge in [0, 0.05) is 24.2 Å². The van der Waals surface area contributed by atoms with Crippen LogP contribution in [0, 0.1) is 5.82 Å². The number of rotatable bonds is 5. The number of anilines is 1. The number of halogens is 3. The molecule has 1 N–H and O–H groups in total. The fourth-order valence-electron chi connectivity index (χ4n) is 2.28. The molecule has 7 heteroatoms. The standard InChI is InChI=1S/C20H15F3N2O2/c1-20(22,23)13-4-2-5-16(12-13)27-18-7-3-6-17(25-18)19(26)24-15-10-8-14(21)9-11-15/h2-12H,1H3,(H,24,26). The summed E-state index contributed by atoms with van der Waals surface area (Å²) in [4.78, 5) is 16.3. The fourth-order valence-corrected chi connectivity index (χ4v) is 2.28. The molecule has 0 saturated carbocycles. The summed E-state index contributed by atoms with van der Waals surface area (Å²) < 4.78 is 45.3. The number of benzene rings is 2. The van der Waals surface area contributed by atoms with E-state index in [-0.39, 0.29) is 22.9 Å². The first-order chi connectivity index (χ1) is 12.8. The van der Waals surface area contributed by atoms with Gasteiger partial charge in [-0.1, -0.05) is 18.2 Å². The van der Waals surface area contributed by atoms with Crippen molar-refractivity contribution < 1.29 is 22.7 Å². The van der Waals surface area contributed by atoms with E-state index in [4.69, 9.17) is 4.74 Å². The molecule has 27 heavy (non-hydrogen) atoms. The average Bonchev–Trinajstić information content (AvgIpc) is 2.63. The molecular weight excluding hydrogens is 357 g/mol. The fraction of sp³-hybridized carbons (Fsp3) is 0.100. The maximum absolute atomic E-state index is 13.4. The second-order valence-corrected chi connectivity index (χ2v) is 5.84. The lowest BCUT2D eigenvalue weighted by atomic mass is 10.1. The van der Waals surface area contributed by atoms with E-state index in [2.05, 4.69) is 10.3 Å². The first kappa shape index (κ1) is 18.4. The summed E-state index contributed by atoms with van der Waals surface area (Å²) >= 11 is 0. The third-order valence-corrected chi connectivity index (χ3v) is 3.62.